The highest BCUT2D eigenvalue weighted by molar-refractivity contribution is 5.87. The first-order chi connectivity index (χ1) is 9.22. The minimum absolute atomic E-state index is 0.0105. The van der Waals surface area contributed by atoms with Gasteiger partial charge in [-0.25, -0.2) is 4.79 Å². The number of carbonyl (C=O) groups is 2. The highest BCUT2D eigenvalue weighted by Crippen LogP contribution is 2.02. The van der Waals surface area contributed by atoms with Gasteiger partial charge in [-0.1, -0.05) is 13.8 Å². The van der Waals surface area contributed by atoms with Crippen LogP contribution in [-0.2, 0) is 11.3 Å². The molecule has 1 heterocycles. The first-order valence-corrected chi connectivity index (χ1v) is 6.46. The van der Waals surface area contributed by atoms with E-state index in [0.717, 1.165) is 0 Å². The third-order valence-corrected chi connectivity index (χ3v) is 3.28. The van der Waals surface area contributed by atoms with E-state index in [4.69, 9.17) is 5.11 Å². The number of nitrogens with zero attached hydrogens (tertiary/aromatic N) is 1. The maximum Gasteiger partial charge on any atom is 0.341 e. The predicted molar refractivity (Wildman–Crippen MR) is 74.8 cm³/mol. The van der Waals surface area contributed by atoms with E-state index in [1.165, 1.54) is 16.8 Å². The number of carboxylic acids is 1. The van der Waals surface area contributed by atoms with Crippen LogP contribution in [0.5, 0.6) is 0 Å². The van der Waals surface area contributed by atoms with Gasteiger partial charge in [-0.2, -0.15) is 0 Å². The molecule has 0 aliphatic rings. The van der Waals surface area contributed by atoms with Crippen molar-refractivity contribution in [2.45, 2.75) is 40.3 Å². The first-order valence-electron chi connectivity index (χ1n) is 6.46. The molecule has 2 N–H and O–H groups in total. The van der Waals surface area contributed by atoms with Gasteiger partial charge in [0.2, 0.25) is 5.91 Å². The molecule has 1 aromatic heterocycles. The molecule has 1 atom stereocenters. The zero-order valence-electron chi connectivity index (χ0n) is 12.1. The summed E-state index contributed by atoms with van der Waals surface area (Å²) in [5, 5.41) is 11.8. The highest BCUT2D eigenvalue weighted by atomic mass is 16.4. The summed E-state index contributed by atoms with van der Waals surface area (Å²) >= 11 is 0. The summed E-state index contributed by atoms with van der Waals surface area (Å²) in [6, 6.07) is 1.25. The van der Waals surface area contributed by atoms with Crippen LogP contribution in [0.3, 0.4) is 0 Å². The number of rotatable bonds is 5. The quantitative estimate of drug-likeness (QED) is 0.842. The second-order valence-corrected chi connectivity index (χ2v) is 5.23. The van der Waals surface area contributed by atoms with Crippen LogP contribution in [0.25, 0.3) is 0 Å². The molecule has 1 rings (SSSR count). The lowest BCUT2D eigenvalue weighted by atomic mass is 10.1. The number of amides is 1. The number of hydrogen-bond donors (Lipinski definition) is 2. The molecule has 1 unspecified atom stereocenters. The number of hydrogen-bond acceptors (Lipinski definition) is 3. The second kappa shape index (κ2) is 6.36. The molecule has 0 bridgehead atoms. The molecule has 0 fully saturated rings. The summed E-state index contributed by atoms with van der Waals surface area (Å²) in [4.78, 5) is 34.3. The molecule has 0 aliphatic heterocycles. The Morgan fingerprint density at radius 3 is 2.45 bits per heavy atom. The molecule has 0 aromatic carbocycles. The maximum atomic E-state index is 11.9. The van der Waals surface area contributed by atoms with Crippen LogP contribution in [0, 0.1) is 12.8 Å². The Labute approximate surface area is 117 Å². The Kier molecular flexibility index (Phi) is 5.07. The van der Waals surface area contributed by atoms with Gasteiger partial charge >= 0.3 is 5.97 Å². The van der Waals surface area contributed by atoms with Gasteiger partial charge in [0.05, 0.1) is 0 Å². The van der Waals surface area contributed by atoms with Crippen LogP contribution in [0.2, 0.25) is 0 Å². The van der Waals surface area contributed by atoms with Crippen LogP contribution in [-0.4, -0.2) is 27.6 Å². The molecule has 0 radical (unpaired) electrons. The Hall–Kier alpha value is -2.11. The average molecular weight is 280 g/mol. The average Bonchev–Trinajstić information content (AvgIpc) is 2.31. The number of aromatic carboxylic acids is 1. The van der Waals surface area contributed by atoms with Crippen molar-refractivity contribution in [1.29, 1.82) is 0 Å². The van der Waals surface area contributed by atoms with Crippen molar-refractivity contribution in [1.82, 2.24) is 9.88 Å². The summed E-state index contributed by atoms with van der Waals surface area (Å²) in [5.74, 6) is -1.20. The lowest BCUT2D eigenvalue weighted by molar-refractivity contribution is -0.122. The normalized spacial score (nSPS) is 12.2. The fourth-order valence-corrected chi connectivity index (χ4v) is 1.62. The zero-order chi connectivity index (χ0) is 15.4. The smallest absolute Gasteiger partial charge is 0.341 e. The standard InChI is InChI=1S/C14H20N2O4/c1-8(2)10(4)15-13(18)7-16-6-11(14(19)20)12(17)5-9(16)3/h5-6,8,10H,7H2,1-4H3,(H,15,18)(H,19,20). The van der Waals surface area contributed by atoms with Gasteiger partial charge in [-0.3, -0.25) is 9.59 Å². The van der Waals surface area contributed by atoms with Crippen LogP contribution in [0.15, 0.2) is 17.1 Å². The lowest BCUT2D eigenvalue weighted by Gasteiger charge is -2.18. The molecule has 20 heavy (non-hydrogen) atoms. The lowest BCUT2D eigenvalue weighted by Crippen LogP contribution is -2.38. The van der Waals surface area contributed by atoms with Gasteiger partial charge in [0.25, 0.3) is 0 Å². The number of carboxylic acid groups (broad SMARTS) is 1. The van der Waals surface area contributed by atoms with Gasteiger partial charge in [0, 0.05) is 24.0 Å². The molecule has 0 saturated carbocycles. The Balaban J connectivity index is 2.93. The van der Waals surface area contributed by atoms with E-state index in [1.807, 2.05) is 20.8 Å². The third-order valence-electron chi connectivity index (χ3n) is 3.28. The van der Waals surface area contributed by atoms with E-state index in [1.54, 1.807) is 6.92 Å². The monoisotopic (exact) mass is 280 g/mol. The van der Waals surface area contributed by atoms with Gasteiger partial charge in [0.15, 0.2) is 5.43 Å². The molecular formula is C14H20N2O4. The van der Waals surface area contributed by atoms with Gasteiger partial charge < -0.3 is 15.0 Å². The van der Waals surface area contributed by atoms with Gasteiger partial charge in [-0.05, 0) is 19.8 Å². The number of aryl methyl sites for hydroxylation is 1. The summed E-state index contributed by atoms with van der Waals surface area (Å²) < 4.78 is 1.47. The molecule has 1 aromatic rings. The second-order valence-electron chi connectivity index (χ2n) is 5.23. The molecule has 6 heteroatoms. The van der Waals surface area contributed by atoms with E-state index in [2.05, 4.69) is 5.32 Å². The summed E-state index contributed by atoms with van der Waals surface area (Å²) in [6.45, 7) is 7.55. The van der Waals surface area contributed by atoms with Crippen molar-refractivity contribution in [3.63, 3.8) is 0 Å². The number of carbonyl (C=O) groups excluding carboxylic acids is 1. The highest BCUT2D eigenvalue weighted by Gasteiger charge is 2.14. The number of pyridine rings is 1. The van der Waals surface area contributed by atoms with Gasteiger partial charge in [-0.15, -0.1) is 0 Å². The minimum Gasteiger partial charge on any atom is -0.477 e. The van der Waals surface area contributed by atoms with E-state index in [0.29, 0.717) is 11.6 Å². The van der Waals surface area contributed by atoms with E-state index in [-0.39, 0.29) is 24.1 Å². The SMILES string of the molecule is Cc1cc(=O)c(C(=O)O)cn1CC(=O)NC(C)C(C)C. The molecule has 6 nitrogen and oxygen atoms in total. The van der Waals surface area contributed by atoms with Crippen LogP contribution in [0.4, 0.5) is 0 Å². The van der Waals surface area contributed by atoms with Crippen molar-refractivity contribution >= 4 is 11.9 Å². The molecule has 0 spiro atoms. The largest absolute Gasteiger partial charge is 0.477 e. The van der Waals surface area contributed by atoms with Crippen LogP contribution < -0.4 is 10.7 Å². The molecule has 0 saturated heterocycles. The Morgan fingerprint density at radius 1 is 1.35 bits per heavy atom. The predicted octanol–water partition coefficient (Wildman–Crippen LogP) is 1.02. The number of aromatic nitrogens is 1. The third kappa shape index (κ3) is 3.94. The summed E-state index contributed by atoms with van der Waals surface area (Å²) in [7, 11) is 0. The number of nitrogens with one attached hydrogen (secondary N) is 1. The topological polar surface area (TPSA) is 88.4 Å². The maximum absolute atomic E-state index is 11.9. The molecular weight excluding hydrogens is 260 g/mol. The Morgan fingerprint density at radius 2 is 1.95 bits per heavy atom. The minimum atomic E-state index is -1.29. The summed E-state index contributed by atoms with van der Waals surface area (Å²) in [5.41, 5.74) is -0.338. The van der Waals surface area contributed by atoms with Gasteiger partial charge in [0.1, 0.15) is 12.1 Å². The molecule has 110 valence electrons. The zero-order valence-corrected chi connectivity index (χ0v) is 12.1. The van der Waals surface area contributed by atoms with Crippen LogP contribution >= 0.6 is 0 Å². The fraction of sp³-hybridized carbons (Fsp3) is 0.500. The van der Waals surface area contributed by atoms with E-state index in [9.17, 15) is 14.4 Å². The van der Waals surface area contributed by atoms with Crippen LogP contribution in [0.1, 0.15) is 36.8 Å². The van der Waals surface area contributed by atoms with Crippen molar-refractivity contribution < 1.29 is 14.7 Å². The molecule has 1 amide bonds. The fourth-order valence-electron chi connectivity index (χ4n) is 1.62. The van der Waals surface area contributed by atoms with E-state index < -0.39 is 11.4 Å². The van der Waals surface area contributed by atoms with Crippen molar-refractivity contribution in [3.05, 3.63) is 33.7 Å². The first kappa shape index (κ1) is 15.9. The Bertz CT molecular complexity index is 575. The van der Waals surface area contributed by atoms with Crippen molar-refractivity contribution in [3.8, 4) is 0 Å². The van der Waals surface area contributed by atoms with E-state index >= 15 is 0 Å². The van der Waals surface area contributed by atoms with Crippen molar-refractivity contribution in [2.75, 3.05) is 0 Å². The summed E-state index contributed by atoms with van der Waals surface area (Å²) in [6.07, 6.45) is 1.21. The van der Waals surface area contributed by atoms with Crippen molar-refractivity contribution in [2.24, 2.45) is 5.92 Å². The molecule has 0 aliphatic carbocycles.